The van der Waals surface area contributed by atoms with Crippen LogP contribution in [0.1, 0.15) is 18.0 Å². The summed E-state index contributed by atoms with van der Waals surface area (Å²) in [5.74, 6) is 0. The van der Waals surface area contributed by atoms with Crippen LogP contribution in [0.3, 0.4) is 0 Å². The van der Waals surface area contributed by atoms with Crippen LogP contribution in [0.2, 0.25) is 0 Å². The van der Waals surface area contributed by atoms with E-state index in [9.17, 15) is 0 Å². The van der Waals surface area contributed by atoms with Gasteiger partial charge in [-0.2, -0.15) is 0 Å². The summed E-state index contributed by atoms with van der Waals surface area (Å²) in [6, 6.07) is 11.2. The minimum absolute atomic E-state index is 0. The average Bonchev–Trinajstić information content (AvgIpc) is 1.86. The fraction of sp³-hybridized carbons (Fsp3) is 0.333. The van der Waals surface area contributed by atoms with Gasteiger partial charge in [0.05, 0.1) is 0 Å². The van der Waals surface area contributed by atoms with E-state index in [1.807, 2.05) is 0 Å². The van der Waals surface area contributed by atoms with Crippen molar-refractivity contribution in [1.29, 1.82) is 0 Å². The van der Waals surface area contributed by atoms with Gasteiger partial charge in [0.25, 0.3) is 0 Å². The summed E-state index contributed by atoms with van der Waals surface area (Å²) in [5, 5.41) is 3.36. The summed E-state index contributed by atoms with van der Waals surface area (Å²) < 4.78 is 0. The predicted octanol–water partition coefficient (Wildman–Crippen LogP) is 2.14. The van der Waals surface area contributed by atoms with Gasteiger partial charge in [-0.15, -0.1) is 12.4 Å². The molecule has 1 aliphatic heterocycles. The predicted molar refractivity (Wildman–Crippen MR) is 49.1 cm³/mol. The van der Waals surface area contributed by atoms with E-state index in [0.29, 0.717) is 6.04 Å². The van der Waals surface area contributed by atoms with Crippen LogP contribution in [0.25, 0.3) is 0 Å². The van der Waals surface area contributed by atoms with Crippen molar-refractivity contribution in [3.8, 4) is 0 Å². The molecule has 0 bridgehead atoms. The zero-order valence-electron chi connectivity index (χ0n) is 6.29. The third kappa shape index (κ3) is 1.73. The lowest BCUT2D eigenvalue weighted by Gasteiger charge is -2.27. The molecule has 1 fully saturated rings. The maximum atomic E-state index is 3.36. The molecule has 2 rings (SSSR count). The Hall–Kier alpha value is -0.530. The molecular weight excluding hydrogens is 158 g/mol. The first-order chi connectivity index (χ1) is 4.97. The van der Waals surface area contributed by atoms with E-state index in [1.165, 1.54) is 18.5 Å². The van der Waals surface area contributed by atoms with Gasteiger partial charge in [-0.25, -0.2) is 0 Å². The van der Waals surface area contributed by atoms with Crippen molar-refractivity contribution in [3.05, 3.63) is 35.9 Å². The quantitative estimate of drug-likeness (QED) is 0.680. The van der Waals surface area contributed by atoms with Gasteiger partial charge in [0.1, 0.15) is 0 Å². The van der Waals surface area contributed by atoms with Crippen molar-refractivity contribution < 1.29 is 0 Å². The van der Waals surface area contributed by atoms with E-state index in [-0.39, 0.29) is 12.4 Å². The van der Waals surface area contributed by atoms with Gasteiger partial charge in [-0.1, -0.05) is 30.3 Å². The lowest BCUT2D eigenvalue weighted by molar-refractivity contribution is 0.383. The van der Waals surface area contributed by atoms with E-state index < -0.39 is 0 Å². The summed E-state index contributed by atoms with van der Waals surface area (Å²) in [6.45, 7) is 1.18. The summed E-state index contributed by atoms with van der Waals surface area (Å²) in [6.07, 6.45) is 1.30. The molecule has 1 nitrogen and oxygen atoms in total. The lowest BCUT2D eigenvalue weighted by Crippen LogP contribution is -2.34. The van der Waals surface area contributed by atoms with Crippen LogP contribution in [0.15, 0.2) is 30.3 Å². The molecule has 0 spiro atoms. The minimum Gasteiger partial charge on any atom is -0.310 e. The highest BCUT2D eigenvalue weighted by atomic mass is 35.5. The molecule has 0 saturated carbocycles. The van der Waals surface area contributed by atoms with Crippen molar-refractivity contribution in [2.75, 3.05) is 6.54 Å². The minimum atomic E-state index is 0. The van der Waals surface area contributed by atoms with Crippen LogP contribution in [0, 0.1) is 0 Å². The molecule has 1 aromatic rings. The zero-order valence-corrected chi connectivity index (χ0v) is 7.10. The number of benzene rings is 1. The highest BCUT2D eigenvalue weighted by Gasteiger charge is 2.16. The molecule has 1 N–H and O–H groups in total. The number of hydrogen-bond donors (Lipinski definition) is 1. The second-order valence-electron chi connectivity index (χ2n) is 2.71. The van der Waals surface area contributed by atoms with Crippen molar-refractivity contribution >= 4 is 12.4 Å². The topological polar surface area (TPSA) is 12.0 Å². The SMILES string of the molecule is Cl.c1ccc([C@H]2CCN2)cc1. The van der Waals surface area contributed by atoms with Crippen LogP contribution in [-0.2, 0) is 0 Å². The second-order valence-corrected chi connectivity index (χ2v) is 2.71. The van der Waals surface area contributed by atoms with Crippen molar-refractivity contribution in [2.45, 2.75) is 12.5 Å². The molecule has 0 amide bonds. The number of nitrogens with one attached hydrogen (secondary N) is 1. The van der Waals surface area contributed by atoms with Crippen molar-refractivity contribution in [3.63, 3.8) is 0 Å². The van der Waals surface area contributed by atoms with Crippen LogP contribution in [-0.4, -0.2) is 6.54 Å². The van der Waals surface area contributed by atoms with Crippen LogP contribution < -0.4 is 5.32 Å². The van der Waals surface area contributed by atoms with Crippen LogP contribution >= 0.6 is 12.4 Å². The molecule has 60 valence electrons. The largest absolute Gasteiger partial charge is 0.310 e. The van der Waals surface area contributed by atoms with Gasteiger partial charge in [-0.3, -0.25) is 0 Å². The first kappa shape index (κ1) is 8.57. The molecule has 1 atom stereocenters. The fourth-order valence-corrected chi connectivity index (χ4v) is 1.26. The van der Waals surface area contributed by atoms with Gasteiger partial charge in [0.15, 0.2) is 0 Å². The molecule has 1 aromatic carbocycles. The number of halogens is 1. The smallest absolute Gasteiger partial charge is 0.0332 e. The molecule has 0 unspecified atom stereocenters. The molecule has 1 heterocycles. The Labute approximate surface area is 73.2 Å². The average molecular weight is 170 g/mol. The van der Waals surface area contributed by atoms with Gasteiger partial charge in [0, 0.05) is 6.04 Å². The molecule has 0 aliphatic carbocycles. The summed E-state index contributed by atoms with van der Waals surface area (Å²) in [7, 11) is 0. The monoisotopic (exact) mass is 169 g/mol. The van der Waals surface area contributed by atoms with E-state index in [0.717, 1.165) is 0 Å². The third-order valence-electron chi connectivity index (χ3n) is 2.03. The highest BCUT2D eigenvalue weighted by Crippen LogP contribution is 2.21. The Morgan fingerprint density at radius 3 is 2.27 bits per heavy atom. The van der Waals surface area contributed by atoms with Crippen LogP contribution in [0.4, 0.5) is 0 Å². The van der Waals surface area contributed by atoms with Gasteiger partial charge < -0.3 is 5.32 Å². The molecule has 0 aromatic heterocycles. The summed E-state index contributed by atoms with van der Waals surface area (Å²) >= 11 is 0. The Bertz CT molecular complexity index is 206. The van der Waals surface area contributed by atoms with Gasteiger partial charge in [-0.05, 0) is 18.5 Å². The van der Waals surface area contributed by atoms with Crippen LogP contribution in [0.5, 0.6) is 0 Å². The Kier molecular flexibility index (Phi) is 2.92. The van der Waals surface area contributed by atoms with E-state index in [4.69, 9.17) is 0 Å². The highest BCUT2D eigenvalue weighted by molar-refractivity contribution is 5.85. The first-order valence-electron chi connectivity index (χ1n) is 3.75. The molecule has 11 heavy (non-hydrogen) atoms. The normalized spacial score (nSPS) is 21.6. The maximum Gasteiger partial charge on any atom is 0.0332 e. The molecule has 2 heteroatoms. The fourth-order valence-electron chi connectivity index (χ4n) is 1.26. The standard InChI is InChI=1S/C9H11N.ClH/c1-2-4-8(5-3-1)9-6-7-10-9;/h1-5,9-10H,6-7H2;1H/t9-;/m1./s1. The Morgan fingerprint density at radius 1 is 1.18 bits per heavy atom. The van der Waals surface area contributed by atoms with Crippen molar-refractivity contribution in [1.82, 2.24) is 5.32 Å². The number of hydrogen-bond acceptors (Lipinski definition) is 1. The van der Waals surface area contributed by atoms with E-state index in [1.54, 1.807) is 0 Å². The zero-order chi connectivity index (χ0) is 6.81. The van der Waals surface area contributed by atoms with Crippen molar-refractivity contribution in [2.24, 2.45) is 0 Å². The maximum absolute atomic E-state index is 3.36. The third-order valence-corrected chi connectivity index (χ3v) is 2.03. The second kappa shape index (κ2) is 3.74. The first-order valence-corrected chi connectivity index (χ1v) is 3.75. The number of rotatable bonds is 1. The molecule has 1 saturated heterocycles. The Balaban J connectivity index is 0.000000605. The molecule has 0 radical (unpaired) electrons. The summed E-state index contributed by atoms with van der Waals surface area (Å²) in [4.78, 5) is 0. The molecule has 1 aliphatic rings. The lowest BCUT2D eigenvalue weighted by atomic mass is 9.98. The Morgan fingerprint density at radius 2 is 1.82 bits per heavy atom. The van der Waals surface area contributed by atoms with E-state index in [2.05, 4.69) is 35.6 Å². The molecular formula is C9H12ClN. The van der Waals surface area contributed by atoms with Gasteiger partial charge >= 0.3 is 0 Å². The van der Waals surface area contributed by atoms with E-state index >= 15 is 0 Å². The summed E-state index contributed by atoms with van der Waals surface area (Å²) in [5.41, 5.74) is 1.42. The van der Waals surface area contributed by atoms with Gasteiger partial charge in [0.2, 0.25) is 0 Å².